The Morgan fingerprint density at radius 2 is 1.58 bits per heavy atom. The number of hydrogen-bond acceptors (Lipinski definition) is 1. The van der Waals surface area contributed by atoms with Crippen LogP contribution in [-0.4, -0.2) is 9.38 Å². The number of imidazole rings is 1. The van der Waals surface area contributed by atoms with E-state index >= 15 is 0 Å². The molecule has 0 saturated heterocycles. The molecule has 2 nitrogen and oxygen atoms in total. The number of hydrogen-bond donors (Lipinski definition) is 0. The molecule has 0 unspecified atom stereocenters. The van der Waals surface area contributed by atoms with Crippen LogP contribution >= 0.6 is 23.2 Å². The van der Waals surface area contributed by atoms with Gasteiger partial charge in [-0.2, -0.15) is 0 Å². The van der Waals surface area contributed by atoms with Crippen molar-refractivity contribution in [3.8, 4) is 0 Å². The standard InChI is InChI=1S/C15H8Cl2N2/c16-9-1-3-11-12(7-9)13-8-10(17)2-4-14(13)19-6-5-18-15(11)19/h1-8H. The number of rotatable bonds is 0. The molecule has 0 saturated carbocycles. The van der Waals surface area contributed by atoms with Gasteiger partial charge in [0.1, 0.15) is 5.65 Å². The van der Waals surface area contributed by atoms with E-state index in [9.17, 15) is 0 Å². The van der Waals surface area contributed by atoms with Crippen molar-refractivity contribution in [2.75, 3.05) is 0 Å². The van der Waals surface area contributed by atoms with E-state index in [0.717, 1.165) is 27.3 Å². The van der Waals surface area contributed by atoms with Crippen LogP contribution in [0.1, 0.15) is 0 Å². The van der Waals surface area contributed by atoms with Gasteiger partial charge in [-0.05, 0) is 41.8 Å². The SMILES string of the molecule is Clc1ccc2c(c1)c1cc(Cl)ccc1n1ccnc21. The summed E-state index contributed by atoms with van der Waals surface area (Å²) in [4.78, 5) is 4.44. The summed E-state index contributed by atoms with van der Waals surface area (Å²) in [5, 5.41) is 4.65. The fourth-order valence-electron chi connectivity index (χ4n) is 2.57. The number of nitrogens with zero attached hydrogens (tertiary/aromatic N) is 2. The number of aromatic nitrogens is 2. The lowest BCUT2D eigenvalue weighted by molar-refractivity contribution is 1.27. The van der Waals surface area contributed by atoms with E-state index < -0.39 is 0 Å². The Kier molecular flexibility index (Phi) is 2.25. The number of fused-ring (bicyclic) bond motifs is 6. The fraction of sp³-hybridized carbons (Fsp3) is 0. The van der Waals surface area contributed by atoms with E-state index in [4.69, 9.17) is 23.2 Å². The predicted octanol–water partition coefficient (Wildman–Crippen LogP) is 4.95. The van der Waals surface area contributed by atoms with Gasteiger partial charge >= 0.3 is 0 Å². The van der Waals surface area contributed by atoms with E-state index in [1.54, 1.807) is 6.20 Å². The summed E-state index contributed by atoms with van der Waals surface area (Å²) >= 11 is 12.2. The molecule has 0 fully saturated rings. The molecule has 2 aromatic heterocycles. The van der Waals surface area contributed by atoms with Crippen LogP contribution in [0.3, 0.4) is 0 Å². The van der Waals surface area contributed by atoms with E-state index in [1.165, 1.54) is 0 Å². The van der Waals surface area contributed by atoms with Gasteiger partial charge < -0.3 is 0 Å². The average Bonchev–Trinajstić information content (AvgIpc) is 2.88. The molecule has 0 atom stereocenters. The molecule has 0 aliphatic carbocycles. The monoisotopic (exact) mass is 286 g/mol. The lowest BCUT2D eigenvalue weighted by Gasteiger charge is -2.08. The molecule has 0 aliphatic heterocycles. The van der Waals surface area contributed by atoms with Crippen molar-refractivity contribution in [1.29, 1.82) is 0 Å². The summed E-state index contributed by atoms with van der Waals surface area (Å²) in [5.41, 5.74) is 2.01. The number of benzene rings is 2. The normalized spacial score (nSPS) is 11.7. The van der Waals surface area contributed by atoms with Crippen LogP contribution in [0.2, 0.25) is 10.0 Å². The highest BCUT2D eigenvalue weighted by atomic mass is 35.5. The molecule has 0 aliphatic rings. The summed E-state index contributed by atoms with van der Waals surface area (Å²) in [6.45, 7) is 0. The molecule has 19 heavy (non-hydrogen) atoms. The maximum atomic E-state index is 6.13. The first-order valence-electron chi connectivity index (χ1n) is 5.87. The highest BCUT2D eigenvalue weighted by Gasteiger charge is 2.09. The Bertz CT molecular complexity index is 865. The molecule has 0 spiro atoms. The highest BCUT2D eigenvalue weighted by Crippen LogP contribution is 2.32. The van der Waals surface area contributed by atoms with Crippen molar-refractivity contribution < 1.29 is 0 Å². The van der Waals surface area contributed by atoms with E-state index in [1.807, 2.05) is 42.6 Å². The molecule has 2 heterocycles. The van der Waals surface area contributed by atoms with Gasteiger partial charge in [0, 0.05) is 33.2 Å². The molecule has 2 aromatic carbocycles. The van der Waals surface area contributed by atoms with Gasteiger partial charge in [-0.1, -0.05) is 23.2 Å². The summed E-state index contributed by atoms with van der Waals surface area (Å²) in [5.74, 6) is 0. The summed E-state index contributed by atoms with van der Waals surface area (Å²) in [6, 6.07) is 11.7. The third kappa shape index (κ3) is 1.54. The Morgan fingerprint density at radius 1 is 0.842 bits per heavy atom. The second kappa shape index (κ2) is 3.86. The minimum Gasteiger partial charge on any atom is -0.299 e. The van der Waals surface area contributed by atoms with Gasteiger partial charge in [0.2, 0.25) is 0 Å². The molecule has 0 N–H and O–H groups in total. The lowest BCUT2D eigenvalue weighted by Crippen LogP contribution is -1.90. The van der Waals surface area contributed by atoms with Crippen molar-refractivity contribution in [2.24, 2.45) is 0 Å². The largest absolute Gasteiger partial charge is 0.299 e. The average molecular weight is 287 g/mol. The summed E-state index contributed by atoms with van der Waals surface area (Å²) in [7, 11) is 0. The van der Waals surface area contributed by atoms with E-state index in [0.29, 0.717) is 10.0 Å². The van der Waals surface area contributed by atoms with E-state index in [-0.39, 0.29) is 0 Å². The zero-order valence-corrected chi connectivity index (χ0v) is 11.3. The molecule has 4 heteroatoms. The third-order valence-electron chi connectivity index (χ3n) is 3.37. The van der Waals surface area contributed by atoms with Crippen LogP contribution in [0.25, 0.3) is 27.3 Å². The summed E-state index contributed by atoms with van der Waals surface area (Å²) in [6.07, 6.45) is 3.76. The second-order valence-corrected chi connectivity index (χ2v) is 5.35. The van der Waals surface area contributed by atoms with Crippen molar-refractivity contribution in [3.63, 3.8) is 0 Å². The Balaban J connectivity index is 2.41. The van der Waals surface area contributed by atoms with Crippen LogP contribution < -0.4 is 0 Å². The molecule has 4 aromatic rings. The van der Waals surface area contributed by atoms with Crippen LogP contribution in [0.15, 0.2) is 48.8 Å². The molecular weight excluding hydrogens is 279 g/mol. The number of halogens is 2. The second-order valence-electron chi connectivity index (χ2n) is 4.47. The minimum atomic E-state index is 0.713. The molecule has 0 amide bonds. The molecular formula is C15H8Cl2N2. The first-order valence-corrected chi connectivity index (χ1v) is 6.63. The third-order valence-corrected chi connectivity index (χ3v) is 3.84. The maximum Gasteiger partial charge on any atom is 0.145 e. The Labute approximate surface area is 119 Å². The minimum absolute atomic E-state index is 0.713. The van der Waals surface area contributed by atoms with Crippen LogP contribution in [0.5, 0.6) is 0 Å². The predicted molar refractivity (Wildman–Crippen MR) is 80.2 cm³/mol. The van der Waals surface area contributed by atoms with E-state index in [2.05, 4.69) is 9.38 Å². The van der Waals surface area contributed by atoms with Gasteiger partial charge in [0.05, 0.1) is 5.52 Å². The molecule has 0 bridgehead atoms. The van der Waals surface area contributed by atoms with Gasteiger partial charge in [0.25, 0.3) is 0 Å². The topological polar surface area (TPSA) is 17.3 Å². The zero-order valence-electron chi connectivity index (χ0n) is 9.77. The lowest BCUT2D eigenvalue weighted by atomic mass is 10.1. The van der Waals surface area contributed by atoms with Crippen LogP contribution in [-0.2, 0) is 0 Å². The zero-order chi connectivity index (χ0) is 13.0. The fourth-order valence-corrected chi connectivity index (χ4v) is 2.91. The van der Waals surface area contributed by atoms with Crippen molar-refractivity contribution in [1.82, 2.24) is 9.38 Å². The molecule has 4 rings (SSSR count). The maximum absolute atomic E-state index is 6.13. The smallest absolute Gasteiger partial charge is 0.145 e. The molecule has 0 radical (unpaired) electrons. The van der Waals surface area contributed by atoms with Gasteiger partial charge in [-0.25, -0.2) is 4.98 Å². The van der Waals surface area contributed by atoms with Gasteiger partial charge in [0.15, 0.2) is 0 Å². The van der Waals surface area contributed by atoms with Crippen molar-refractivity contribution >= 4 is 50.5 Å². The quantitative estimate of drug-likeness (QED) is 0.418. The van der Waals surface area contributed by atoms with Crippen LogP contribution in [0, 0.1) is 0 Å². The molecule has 92 valence electrons. The van der Waals surface area contributed by atoms with Crippen LogP contribution in [0.4, 0.5) is 0 Å². The first kappa shape index (κ1) is 11.1. The van der Waals surface area contributed by atoms with Gasteiger partial charge in [-0.3, -0.25) is 4.40 Å². The van der Waals surface area contributed by atoms with Gasteiger partial charge in [-0.15, -0.1) is 0 Å². The Hall–Kier alpha value is -1.77. The van der Waals surface area contributed by atoms with Crippen molar-refractivity contribution in [2.45, 2.75) is 0 Å². The van der Waals surface area contributed by atoms with Crippen molar-refractivity contribution in [3.05, 3.63) is 58.8 Å². The summed E-state index contributed by atoms with van der Waals surface area (Å²) < 4.78 is 2.07. The number of pyridine rings is 1. The Morgan fingerprint density at radius 3 is 2.42 bits per heavy atom. The first-order chi connectivity index (χ1) is 9.24. The highest BCUT2D eigenvalue weighted by molar-refractivity contribution is 6.33.